The van der Waals surface area contributed by atoms with Crippen molar-refractivity contribution in [3.05, 3.63) is 6.20 Å². The number of ether oxygens (including phenoxy) is 3. The fourth-order valence-electron chi connectivity index (χ4n) is 0.717. The van der Waals surface area contributed by atoms with Gasteiger partial charge in [-0.15, -0.1) is 0 Å². The summed E-state index contributed by atoms with van der Waals surface area (Å²) in [5.41, 5.74) is 0. The van der Waals surface area contributed by atoms with Gasteiger partial charge < -0.3 is 14.2 Å². The molecular weight excluding hydrogens is 160 g/mol. The lowest BCUT2D eigenvalue weighted by Gasteiger charge is -2.05. The summed E-state index contributed by atoms with van der Waals surface area (Å²) < 4.78 is 14.6. The Hall–Kier alpha value is -1.52. The van der Waals surface area contributed by atoms with Gasteiger partial charge in [-0.2, -0.15) is 4.98 Å². The van der Waals surface area contributed by atoms with Crippen molar-refractivity contribution in [2.24, 2.45) is 0 Å². The van der Waals surface area contributed by atoms with Gasteiger partial charge in [0.15, 0.2) is 0 Å². The Morgan fingerprint density at radius 2 is 1.67 bits per heavy atom. The summed E-state index contributed by atoms with van der Waals surface area (Å²) in [5.74, 6) is 1.06. The Balaban J connectivity index is 3.02. The van der Waals surface area contributed by atoms with Gasteiger partial charge in [-0.3, -0.25) is 0 Å². The molecule has 12 heavy (non-hydrogen) atoms. The summed E-state index contributed by atoms with van der Waals surface area (Å²) in [7, 11) is 4.50. The number of rotatable bonds is 3. The van der Waals surface area contributed by atoms with Gasteiger partial charge in [-0.05, 0) is 0 Å². The molecule has 0 atom stereocenters. The first-order valence-electron chi connectivity index (χ1n) is 3.30. The van der Waals surface area contributed by atoms with E-state index in [0.29, 0.717) is 17.6 Å². The van der Waals surface area contributed by atoms with Crippen LogP contribution in [-0.4, -0.2) is 31.3 Å². The van der Waals surface area contributed by atoms with Gasteiger partial charge in [0.25, 0.3) is 11.8 Å². The molecule has 0 N–H and O–H groups in total. The maximum Gasteiger partial charge on any atom is 0.281 e. The molecule has 0 radical (unpaired) electrons. The molecule has 5 nitrogen and oxygen atoms in total. The van der Waals surface area contributed by atoms with E-state index in [1.54, 1.807) is 0 Å². The quantitative estimate of drug-likeness (QED) is 0.661. The van der Waals surface area contributed by atoms with Gasteiger partial charge in [0.1, 0.15) is 0 Å². The van der Waals surface area contributed by atoms with Gasteiger partial charge in [0.2, 0.25) is 5.88 Å². The fraction of sp³-hybridized carbons (Fsp3) is 0.429. The van der Waals surface area contributed by atoms with E-state index in [1.807, 2.05) is 0 Å². The van der Waals surface area contributed by atoms with Gasteiger partial charge in [-0.1, -0.05) is 0 Å². The normalized spacial score (nSPS) is 9.25. The molecule has 0 saturated carbocycles. The molecule has 1 aromatic heterocycles. The Morgan fingerprint density at radius 1 is 1.00 bits per heavy atom. The zero-order valence-electron chi connectivity index (χ0n) is 7.20. The average Bonchev–Trinajstić information content (AvgIpc) is 2.16. The van der Waals surface area contributed by atoms with Crippen LogP contribution < -0.4 is 14.2 Å². The van der Waals surface area contributed by atoms with E-state index in [2.05, 4.69) is 9.97 Å². The minimum Gasteiger partial charge on any atom is -0.480 e. The molecule has 1 aromatic rings. The Labute approximate surface area is 70.3 Å². The molecule has 1 rings (SSSR count). The van der Waals surface area contributed by atoms with Crippen LogP contribution in [0.15, 0.2) is 6.20 Å². The largest absolute Gasteiger partial charge is 0.480 e. The number of aromatic nitrogens is 2. The van der Waals surface area contributed by atoms with Crippen LogP contribution in [0.5, 0.6) is 17.6 Å². The topological polar surface area (TPSA) is 53.5 Å². The minimum atomic E-state index is 0.317. The second-order valence-electron chi connectivity index (χ2n) is 1.93. The maximum atomic E-state index is 4.90. The number of hydrogen-bond donors (Lipinski definition) is 0. The molecule has 0 bridgehead atoms. The molecule has 0 aliphatic carbocycles. The van der Waals surface area contributed by atoms with E-state index in [9.17, 15) is 0 Å². The zero-order valence-corrected chi connectivity index (χ0v) is 7.20. The fourth-order valence-corrected chi connectivity index (χ4v) is 0.717. The Morgan fingerprint density at radius 3 is 2.17 bits per heavy atom. The van der Waals surface area contributed by atoms with Crippen LogP contribution in [0.25, 0.3) is 0 Å². The van der Waals surface area contributed by atoms with Crippen molar-refractivity contribution < 1.29 is 14.2 Å². The molecule has 66 valence electrons. The van der Waals surface area contributed by atoms with Crippen LogP contribution in [-0.2, 0) is 0 Å². The van der Waals surface area contributed by atoms with Gasteiger partial charge >= 0.3 is 0 Å². The van der Waals surface area contributed by atoms with Crippen LogP contribution in [0.2, 0.25) is 0 Å². The third-order valence-electron chi connectivity index (χ3n) is 1.28. The summed E-state index contributed by atoms with van der Waals surface area (Å²) in [4.78, 5) is 7.85. The SMILES string of the molecule is COc1cnc(OC)c(OC)n1. The van der Waals surface area contributed by atoms with Crippen molar-refractivity contribution in [1.82, 2.24) is 9.97 Å². The van der Waals surface area contributed by atoms with Gasteiger partial charge in [0, 0.05) is 0 Å². The summed E-state index contributed by atoms with van der Waals surface area (Å²) in [5, 5.41) is 0. The highest BCUT2D eigenvalue weighted by molar-refractivity contribution is 5.27. The third kappa shape index (κ3) is 1.55. The molecule has 0 spiro atoms. The van der Waals surface area contributed by atoms with Gasteiger partial charge in [0.05, 0.1) is 27.5 Å². The van der Waals surface area contributed by atoms with Crippen LogP contribution in [0.3, 0.4) is 0 Å². The van der Waals surface area contributed by atoms with Crippen LogP contribution >= 0.6 is 0 Å². The van der Waals surface area contributed by atoms with Crippen molar-refractivity contribution in [2.45, 2.75) is 0 Å². The number of methoxy groups -OCH3 is 3. The van der Waals surface area contributed by atoms with Crippen molar-refractivity contribution in [3.8, 4) is 17.6 Å². The van der Waals surface area contributed by atoms with E-state index in [-0.39, 0.29) is 0 Å². The molecule has 0 saturated heterocycles. The number of nitrogens with zero attached hydrogens (tertiary/aromatic N) is 2. The van der Waals surface area contributed by atoms with Crippen molar-refractivity contribution in [2.75, 3.05) is 21.3 Å². The molecule has 0 unspecified atom stereocenters. The summed E-state index contributed by atoms with van der Waals surface area (Å²) in [6.45, 7) is 0. The first-order valence-corrected chi connectivity index (χ1v) is 3.30. The molecular formula is C7H10N2O3. The first kappa shape index (κ1) is 8.58. The second-order valence-corrected chi connectivity index (χ2v) is 1.93. The monoisotopic (exact) mass is 170 g/mol. The second kappa shape index (κ2) is 3.75. The predicted octanol–water partition coefficient (Wildman–Crippen LogP) is 0.502. The molecule has 0 amide bonds. The lowest BCUT2D eigenvalue weighted by Crippen LogP contribution is -1.97. The van der Waals surface area contributed by atoms with Crippen molar-refractivity contribution >= 4 is 0 Å². The summed E-state index contributed by atoms with van der Waals surface area (Å²) in [6.07, 6.45) is 1.46. The zero-order chi connectivity index (χ0) is 8.97. The summed E-state index contributed by atoms with van der Waals surface area (Å²) >= 11 is 0. The lowest BCUT2D eigenvalue weighted by molar-refractivity contribution is 0.317. The van der Waals surface area contributed by atoms with Crippen LogP contribution in [0.1, 0.15) is 0 Å². The maximum absolute atomic E-state index is 4.90. The standard InChI is InChI=1S/C7H10N2O3/c1-10-5-4-8-6(11-2)7(9-5)12-3/h4H,1-3H3. The van der Waals surface area contributed by atoms with E-state index >= 15 is 0 Å². The third-order valence-corrected chi connectivity index (χ3v) is 1.28. The highest BCUT2D eigenvalue weighted by Gasteiger charge is 2.07. The molecule has 1 heterocycles. The lowest BCUT2D eigenvalue weighted by atomic mass is 10.6. The molecule has 0 aliphatic rings. The molecule has 0 fully saturated rings. The van der Waals surface area contributed by atoms with E-state index < -0.39 is 0 Å². The van der Waals surface area contributed by atoms with E-state index in [1.165, 1.54) is 27.5 Å². The average molecular weight is 170 g/mol. The van der Waals surface area contributed by atoms with Crippen LogP contribution in [0.4, 0.5) is 0 Å². The molecule has 0 aliphatic heterocycles. The highest BCUT2D eigenvalue weighted by Crippen LogP contribution is 2.22. The Kier molecular flexibility index (Phi) is 2.68. The summed E-state index contributed by atoms with van der Waals surface area (Å²) in [6, 6.07) is 0. The molecule has 0 aromatic carbocycles. The highest BCUT2D eigenvalue weighted by atomic mass is 16.5. The van der Waals surface area contributed by atoms with E-state index in [4.69, 9.17) is 14.2 Å². The number of hydrogen-bond acceptors (Lipinski definition) is 5. The minimum absolute atomic E-state index is 0.317. The first-order chi connectivity index (χ1) is 5.81. The van der Waals surface area contributed by atoms with Crippen molar-refractivity contribution in [1.29, 1.82) is 0 Å². The predicted molar refractivity (Wildman–Crippen MR) is 41.7 cm³/mol. The van der Waals surface area contributed by atoms with E-state index in [0.717, 1.165) is 0 Å². The smallest absolute Gasteiger partial charge is 0.281 e. The van der Waals surface area contributed by atoms with Crippen molar-refractivity contribution in [3.63, 3.8) is 0 Å². The molecule has 5 heteroatoms. The van der Waals surface area contributed by atoms with Gasteiger partial charge in [-0.25, -0.2) is 4.98 Å². The van der Waals surface area contributed by atoms with Crippen LogP contribution in [0, 0.1) is 0 Å². The Bertz CT molecular complexity index is 265.